The smallest absolute Gasteiger partial charge is 0.301 e. The molecule has 0 atom stereocenters. The highest BCUT2D eigenvalue weighted by Gasteiger charge is 2.59. The highest BCUT2D eigenvalue weighted by atomic mass is 19.4. The predicted octanol–water partition coefficient (Wildman–Crippen LogP) is 2.39. The minimum Gasteiger partial charge on any atom is -0.301 e. The highest BCUT2D eigenvalue weighted by molar-refractivity contribution is 6.06. The van der Waals surface area contributed by atoms with Gasteiger partial charge in [-0.25, -0.2) is 0 Å². The summed E-state index contributed by atoms with van der Waals surface area (Å²) in [5, 5.41) is 8.82. The first-order chi connectivity index (χ1) is 13.7. The number of nitrogens with zero attached hydrogens (tertiary/aromatic N) is 3. The maximum absolute atomic E-state index is 13.5. The van der Waals surface area contributed by atoms with Gasteiger partial charge in [-0.1, -0.05) is 0 Å². The van der Waals surface area contributed by atoms with Gasteiger partial charge in [0.2, 0.25) is 11.8 Å². The van der Waals surface area contributed by atoms with Crippen LogP contribution in [0.25, 0.3) is 0 Å². The number of carbonyl (C=O) groups excluding carboxylic acids is 2. The van der Waals surface area contributed by atoms with E-state index in [0.717, 1.165) is 6.92 Å². The van der Waals surface area contributed by atoms with Gasteiger partial charge < -0.3 is 4.90 Å². The lowest BCUT2D eigenvalue weighted by molar-refractivity contribution is -0.276. The van der Waals surface area contributed by atoms with Gasteiger partial charge in [-0.3, -0.25) is 24.1 Å². The van der Waals surface area contributed by atoms with Crippen LogP contribution in [-0.4, -0.2) is 30.5 Å². The predicted molar refractivity (Wildman–Crippen MR) is 94.4 cm³/mol. The van der Waals surface area contributed by atoms with E-state index in [1.54, 1.807) is 6.07 Å². The van der Waals surface area contributed by atoms with E-state index in [1.807, 2.05) is 0 Å². The molecule has 0 aromatic heterocycles. The third-order valence-electron chi connectivity index (χ3n) is 4.08. The van der Waals surface area contributed by atoms with Gasteiger partial charge in [-0.05, 0) is 24.3 Å². The fourth-order valence-electron chi connectivity index (χ4n) is 2.61. The zero-order valence-corrected chi connectivity index (χ0v) is 15.4. The lowest BCUT2D eigenvalue weighted by Crippen LogP contribution is -2.53. The summed E-state index contributed by atoms with van der Waals surface area (Å²) in [5.41, 5.74) is -4.59. The van der Waals surface area contributed by atoms with Crippen molar-refractivity contribution in [3.63, 3.8) is 0 Å². The van der Waals surface area contributed by atoms with Crippen molar-refractivity contribution < 1.29 is 31.5 Å². The van der Waals surface area contributed by atoms with Crippen molar-refractivity contribution in [2.75, 3.05) is 16.3 Å². The van der Waals surface area contributed by atoms with Gasteiger partial charge in [-0.2, -0.15) is 27.2 Å². The van der Waals surface area contributed by atoms with E-state index >= 15 is 0 Å². The van der Waals surface area contributed by atoms with Gasteiger partial charge in [0.05, 0.1) is 18.2 Å². The maximum Gasteiger partial charge on any atom is 0.455 e. The average molecular weight is 429 g/mol. The molecule has 0 radical (unpaired) electrons. The summed E-state index contributed by atoms with van der Waals surface area (Å²) in [6.07, 6.45) is -6.02. The van der Waals surface area contributed by atoms with E-state index in [9.17, 15) is 41.1 Å². The van der Waals surface area contributed by atoms with Crippen LogP contribution < -0.4 is 20.7 Å². The first kappa shape index (κ1) is 22.7. The molecular weight excluding hydrogens is 417 g/mol. The van der Waals surface area contributed by atoms with Gasteiger partial charge in [0.25, 0.3) is 10.9 Å². The molecule has 0 unspecified atom stereocenters. The molecule has 0 N–H and O–H groups in total. The Labute approximate surface area is 165 Å². The number of anilines is 3. The van der Waals surface area contributed by atoms with Crippen molar-refractivity contribution in [1.82, 2.24) is 0 Å². The first-order valence-electron chi connectivity index (χ1n) is 8.09. The van der Waals surface area contributed by atoms with Crippen LogP contribution in [0.3, 0.4) is 0 Å². The summed E-state index contributed by atoms with van der Waals surface area (Å²) in [4.78, 5) is 48.4. The molecule has 2 aromatic carbocycles. The lowest BCUT2D eigenvalue weighted by Gasteiger charge is -2.32. The Bertz CT molecular complexity index is 1110. The van der Waals surface area contributed by atoms with Crippen LogP contribution in [0, 0.1) is 11.3 Å². The Morgan fingerprint density at radius 2 is 1.43 bits per heavy atom. The van der Waals surface area contributed by atoms with Crippen LogP contribution in [-0.2, 0) is 9.59 Å². The largest absolute Gasteiger partial charge is 0.455 e. The second-order valence-electron chi connectivity index (χ2n) is 6.18. The van der Waals surface area contributed by atoms with Gasteiger partial charge in [0.1, 0.15) is 11.4 Å². The van der Waals surface area contributed by atoms with Crippen LogP contribution >= 0.6 is 0 Å². The maximum atomic E-state index is 13.5. The molecule has 12 heteroatoms. The number of rotatable bonds is 5. The minimum absolute atomic E-state index is 0.0686. The molecule has 0 bridgehead atoms. The van der Waals surface area contributed by atoms with Crippen molar-refractivity contribution in [2.24, 2.45) is 0 Å². The van der Waals surface area contributed by atoms with Crippen molar-refractivity contribution in [3.8, 4) is 6.07 Å². The normalized spacial score (nSPS) is 11.8. The number of amides is 2. The van der Waals surface area contributed by atoms with Gasteiger partial charge in [-0.15, -0.1) is 0 Å². The molecule has 0 saturated heterocycles. The number of hydrogen-bond donors (Lipinski definition) is 0. The Balaban J connectivity index is 2.63. The third-order valence-corrected chi connectivity index (χ3v) is 4.08. The summed E-state index contributed by atoms with van der Waals surface area (Å²) in [6.45, 7) is -0.670. The number of halogens is 5. The highest BCUT2D eigenvalue weighted by Crippen LogP contribution is 2.38. The molecule has 0 heterocycles. The molecule has 0 fully saturated rings. The number of nitriles is 1. The van der Waals surface area contributed by atoms with E-state index in [0.29, 0.717) is 11.8 Å². The number of benzene rings is 1. The standard InChI is InChI=1S/C18H12F5N3O4/c1-9(27)25(8-17(19,20)18(21,22)23)13-14(16(30)15(13)29)26(10(2)28)12-5-3-11(7-24)4-6-12/h3-6H,8H2,1-2H3. The first-order valence-corrected chi connectivity index (χ1v) is 8.09. The summed E-state index contributed by atoms with van der Waals surface area (Å²) in [6, 6.07) is 6.69. The molecule has 0 saturated carbocycles. The molecule has 0 aliphatic rings. The van der Waals surface area contributed by atoms with Crippen molar-refractivity contribution in [2.45, 2.75) is 25.9 Å². The zero-order valence-electron chi connectivity index (χ0n) is 15.4. The van der Waals surface area contributed by atoms with E-state index in [4.69, 9.17) is 5.26 Å². The van der Waals surface area contributed by atoms with E-state index in [2.05, 4.69) is 0 Å². The summed E-state index contributed by atoms with van der Waals surface area (Å²) >= 11 is 0. The SMILES string of the molecule is CC(=O)N(CC(F)(F)C(F)(F)F)c1c(N(C(C)=O)c2ccc(C#N)cc2)c(=O)c1=O. The van der Waals surface area contributed by atoms with Gasteiger partial charge in [0.15, 0.2) is 0 Å². The monoisotopic (exact) mass is 429 g/mol. The fraction of sp³-hybridized carbons (Fsp3) is 0.278. The Hall–Kier alpha value is -3.62. The Morgan fingerprint density at radius 1 is 0.933 bits per heavy atom. The summed E-state index contributed by atoms with van der Waals surface area (Å²) in [7, 11) is 0. The Morgan fingerprint density at radius 3 is 1.83 bits per heavy atom. The second kappa shape index (κ2) is 7.66. The van der Waals surface area contributed by atoms with Crippen molar-refractivity contribution in [1.29, 1.82) is 5.26 Å². The van der Waals surface area contributed by atoms with Crippen molar-refractivity contribution >= 4 is 28.9 Å². The number of carbonyl (C=O) groups is 2. The minimum atomic E-state index is -6.02. The lowest BCUT2D eigenvalue weighted by atomic mass is 10.1. The molecule has 2 aromatic rings. The molecular formula is C18H12F5N3O4. The van der Waals surface area contributed by atoms with Crippen LogP contribution in [0.4, 0.5) is 39.0 Å². The molecule has 2 amide bonds. The van der Waals surface area contributed by atoms with Crippen LogP contribution in [0.1, 0.15) is 19.4 Å². The Kier molecular flexibility index (Phi) is 5.79. The number of alkyl halides is 5. The van der Waals surface area contributed by atoms with Gasteiger partial charge >= 0.3 is 12.1 Å². The molecule has 158 valence electrons. The second-order valence-corrected chi connectivity index (χ2v) is 6.18. The molecule has 30 heavy (non-hydrogen) atoms. The number of hydrogen-bond acceptors (Lipinski definition) is 5. The zero-order chi connectivity index (χ0) is 23.0. The quantitative estimate of drug-likeness (QED) is 0.537. The van der Waals surface area contributed by atoms with Crippen LogP contribution in [0.2, 0.25) is 0 Å². The topological polar surface area (TPSA) is 98.5 Å². The van der Waals surface area contributed by atoms with E-state index in [1.165, 1.54) is 24.3 Å². The molecule has 0 aliphatic carbocycles. The molecule has 0 spiro atoms. The van der Waals surface area contributed by atoms with Crippen LogP contribution in [0.15, 0.2) is 33.9 Å². The summed E-state index contributed by atoms with van der Waals surface area (Å²) in [5.74, 6) is -7.64. The molecule has 7 nitrogen and oxygen atoms in total. The van der Waals surface area contributed by atoms with Gasteiger partial charge in [0, 0.05) is 19.5 Å². The molecule has 0 aliphatic heterocycles. The van der Waals surface area contributed by atoms with E-state index < -0.39 is 52.7 Å². The van der Waals surface area contributed by atoms with E-state index in [-0.39, 0.29) is 16.2 Å². The third kappa shape index (κ3) is 3.91. The van der Waals surface area contributed by atoms with Crippen LogP contribution in [0.5, 0.6) is 0 Å². The summed E-state index contributed by atoms with van der Waals surface area (Å²) < 4.78 is 64.8. The fourth-order valence-corrected chi connectivity index (χ4v) is 2.61. The van der Waals surface area contributed by atoms with Crippen molar-refractivity contribution in [3.05, 3.63) is 50.3 Å². The average Bonchev–Trinajstić information content (AvgIpc) is 2.65. The molecule has 2 rings (SSSR count).